The van der Waals surface area contributed by atoms with E-state index in [0.717, 1.165) is 30.0 Å². The summed E-state index contributed by atoms with van der Waals surface area (Å²) in [5, 5.41) is 12.1. The molecule has 1 amide bonds. The Kier molecular flexibility index (Phi) is 6.78. The summed E-state index contributed by atoms with van der Waals surface area (Å²) in [5.74, 6) is 1.61. The van der Waals surface area contributed by atoms with E-state index in [1.165, 1.54) is 0 Å². The van der Waals surface area contributed by atoms with Crippen molar-refractivity contribution in [1.29, 1.82) is 0 Å². The highest BCUT2D eigenvalue weighted by atomic mass is 35.5. The highest BCUT2D eigenvalue weighted by Crippen LogP contribution is 2.23. The number of aromatic nitrogens is 3. The first-order valence-corrected chi connectivity index (χ1v) is 10.4. The Morgan fingerprint density at radius 3 is 2.73 bits per heavy atom. The second kappa shape index (κ2) is 9.88. The fourth-order valence-corrected chi connectivity index (χ4v) is 3.38. The molecule has 4 rings (SSSR count). The summed E-state index contributed by atoms with van der Waals surface area (Å²) >= 11 is 5.93. The standard InChI is InChI=1S/C21H24ClN5O3/c22-17-4-2-16(3-5-17)20-7-6-18(30-20)14-23-8-1-9-27-15-19(24-25-27)21(28)26-10-12-29-13-11-26/h2-7,15,23H,1,8-14H2. The molecular formula is C21H24ClN5O3. The molecule has 0 saturated carbocycles. The van der Waals surface area contributed by atoms with Crippen LogP contribution in [0.2, 0.25) is 5.02 Å². The number of carbonyl (C=O) groups excluding carboxylic acids is 1. The number of halogens is 1. The minimum absolute atomic E-state index is 0.0861. The van der Waals surface area contributed by atoms with E-state index in [4.69, 9.17) is 20.8 Å². The number of nitrogens with zero attached hydrogens (tertiary/aromatic N) is 4. The van der Waals surface area contributed by atoms with E-state index in [2.05, 4.69) is 15.6 Å². The van der Waals surface area contributed by atoms with Gasteiger partial charge in [0.2, 0.25) is 0 Å². The highest BCUT2D eigenvalue weighted by Gasteiger charge is 2.21. The lowest BCUT2D eigenvalue weighted by Gasteiger charge is -2.25. The summed E-state index contributed by atoms with van der Waals surface area (Å²) in [6.07, 6.45) is 2.57. The summed E-state index contributed by atoms with van der Waals surface area (Å²) in [6, 6.07) is 11.5. The first-order chi connectivity index (χ1) is 14.7. The molecule has 1 aliphatic rings. The van der Waals surface area contributed by atoms with Crippen molar-refractivity contribution >= 4 is 17.5 Å². The topological polar surface area (TPSA) is 85.4 Å². The molecule has 3 heterocycles. The normalized spacial score (nSPS) is 14.2. The number of ether oxygens (including phenoxy) is 1. The molecule has 0 radical (unpaired) electrons. The van der Waals surface area contributed by atoms with Gasteiger partial charge in [-0.3, -0.25) is 9.48 Å². The quantitative estimate of drug-likeness (QED) is 0.554. The van der Waals surface area contributed by atoms with Crippen molar-refractivity contribution in [2.24, 2.45) is 0 Å². The van der Waals surface area contributed by atoms with Crippen molar-refractivity contribution in [3.8, 4) is 11.3 Å². The number of hydrogen-bond donors (Lipinski definition) is 1. The van der Waals surface area contributed by atoms with E-state index in [1.54, 1.807) is 15.8 Å². The molecule has 1 saturated heterocycles. The average molecular weight is 430 g/mol. The maximum absolute atomic E-state index is 12.4. The van der Waals surface area contributed by atoms with E-state index in [1.807, 2.05) is 36.4 Å². The summed E-state index contributed by atoms with van der Waals surface area (Å²) in [5.41, 5.74) is 1.38. The van der Waals surface area contributed by atoms with Crippen molar-refractivity contribution in [2.75, 3.05) is 32.8 Å². The van der Waals surface area contributed by atoms with Crippen LogP contribution in [-0.2, 0) is 17.8 Å². The molecule has 0 bridgehead atoms. The molecule has 1 aliphatic heterocycles. The van der Waals surface area contributed by atoms with Gasteiger partial charge in [-0.25, -0.2) is 0 Å². The maximum atomic E-state index is 12.4. The molecule has 1 fully saturated rings. The Bertz CT molecular complexity index is 963. The van der Waals surface area contributed by atoms with Crippen molar-refractivity contribution < 1.29 is 13.9 Å². The zero-order chi connectivity index (χ0) is 20.8. The molecule has 9 heteroatoms. The summed E-state index contributed by atoms with van der Waals surface area (Å²) < 4.78 is 12.9. The van der Waals surface area contributed by atoms with Gasteiger partial charge in [0.05, 0.1) is 26.0 Å². The Labute approximate surface area is 179 Å². The van der Waals surface area contributed by atoms with Crippen LogP contribution in [0.4, 0.5) is 0 Å². The number of furan rings is 1. The smallest absolute Gasteiger partial charge is 0.276 e. The van der Waals surface area contributed by atoms with Crippen molar-refractivity contribution in [3.05, 3.63) is 59.1 Å². The molecule has 0 unspecified atom stereocenters. The molecular weight excluding hydrogens is 406 g/mol. The average Bonchev–Trinajstić information content (AvgIpc) is 3.44. The van der Waals surface area contributed by atoms with Crippen LogP contribution in [0.25, 0.3) is 11.3 Å². The summed E-state index contributed by atoms with van der Waals surface area (Å²) in [4.78, 5) is 14.1. The second-order valence-corrected chi connectivity index (χ2v) is 7.51. The van der Waals surface area contributed by atoms with Crippen LogP contribution in [0.5, 0.6) is 0 Å². The third kappa shape index (κ3) is 5.27. The van der Waals surface area contributed by atoms with Crippen LogP contribution in [-0.4, -0.2) is 58.6 Å². The molecule has 0 atom stereocenters. The zero-order valence-corrected chi connectivity index (χ0v) is 17.3. The predicted octanol–water partition coefficient (Wildman–Crippen LogP) is 2.84. The van der Waals surface area contributed by atoms with Gasteiger partial charge >= 0.3 is 0 Å². The molecule has 1 aromatic carbocycles. The number of amides is 1. The van der Waals surface area contributed by atoms with Gasteiger partial charge in [0, 0.05) is 30.2 Å². The maximum Gasteiger partial charge on any atom is 0.276 e. The van der Waals surface area contributed by atoms with Crippen LogP contribution in [0.15, 0.2) is 47.0 Å². The van der Waals surface area contributed by atoms with Gasteiger partial charge in [-0.2, -0.15) is 0 Å². The van der Waals surface area contributed by atoms with Gasteiger partial charge in [0.1, 0.15) is 11.5 Å². The van der Waals surface area contributed by atoms with Gasteiger partial charge < -0.3 is 19.4 Å². The molecule has 30 heavy (non-hydrogen) atoms. The number of hydrogen-bond acceptors (Lipinski definition) is 6. The summed E-state index contributed by atoms with van der Waals surface area (Å²) in [6.45, 7) is 4.47. The van der Waals surface area contributed by atoms with E-state index in [0.29, 0.717) is 50.1 Å². The fraction of sp³-hybridized carbons (Fsp3) is 0.381. The summed E-state index contributed by atoms with van der Waals surface area (Å²) in [7, 11) is 0. The van der Waals surface area contributed by atoms with E-state index in [-0.39, 0.29) is 5.91 Å². The van der Waals surface area contributed by atoms with Gasteiger partial charge in [0.15, 0.2) is 5.69 Å². The first-order valence-electron chi connectivity index (χ1n) is 10.0. The van der Waals surface area contributed by atoms with Crippen LogP contribution >= 0.6 is 11.6 Å². The van der Waals surface area contributed by atoms with Crippen LogP contribution in [0, 0.1) is 0 Å². The van der Waals surface area contributed by atoms with E-state index < -0.39 is 0 Å². The minimum Gasteiger partial charge on any atom is -0.460 e. The molecule has 2 aromatic heterocycles. The Hall–Kier alpha value is -2.68. The number of benzene rings is 1. The Morgan fingerprint density at radius 1 is 1.13 bits per heavy atom. The van der Waals surface area contributed by atoms with E-state index in [9.17, 15) is 4.79 Å². The van der Waals surface area contributed by atoms with E-state index >= 15 is 0 Å². The zero-order valence-electron chi connectivity index (χ0n) is 16.6. The van der Waals surface area contributed by atoms with Crippen molar-refractivity contribution in [2.45, 2.75) is 19.5 Å². The number of carbonyl (C=O) groups is 1. The third-order valence-electron chi connectivity index (χ3n) is 4.89. The molecule has 0 aliphatic carbocycles. The first kappa shape index (κ1) is 20.6. The predicted molar refractivity (Wildman–Crippen MR) is 112 cm³/mol. The number of nitrogens with one attached hydrogen (secondary N) is 1. The van der Waals surface area contributed by atoms with Gasteiger partial charge in [-0.05, 0) is 49.4 Å². The van der Waals surface area contributed by atoms with Crippen LogP contribution < -0.4 is 5.32 Å². The fourth-order valence-electron chi connectivity index (χ4n) is 3.25. The Morgan fingerprint density at radius 2 is 1.93 bits per heavy atom. The van der Waals surface area contributed by atoms with Gasteiger partial charge in [-0.1, -0.05) is 16.8 Å². The number of morpholine rings is 1. The van der Waals surface area contributed by atoms with Crippen molar-refractivity contribution in [3.63, 3.8) is 0 Å². The SMILES string of the molecule is O=C(c1cn(CCCNCc2ccc(-c3ccc(Cl)cc3)o2)nn1)N1CCOCC1. The number of aryl methyl sites for hydroxylation is 1. The molecule has 0 spiro atoms. The number of rotatable bonds is 8. The van der Waals surface area contributed by atoms with Crippen LogP contribution in [0.1, 0.15) is 22.7 Å². The van der Waals surface area contributed by atoms with Gasteiger partial charge in [0.25, 0.3) is 5.91 Å². The second-order valence-electron chi connectivity index (χ2n) is 7.07. The highest BCUT2D eigenvalue weighted by molar-refractivity contribution is 6.30. The lowest BCUT2D eigenvalue weighted by Crippen LogP contribution is -2.40. The monoisotopic (exact) mass is 429 g/mol. The largest absolute Gasteiger partial charge is 0.460 e. The van der Waals surface area contributed by atoms with Gasteiger partial charge in [-0.15, -0.1) is 5.10 Å². The lowest BCUT2D eigenvalue weighted by atomic mass is 10.2. The Balaban J connectivity index is 1.18. The molecule has 8 nitrogen and oxygen atoms in total. The lowest BCUT2D eigenvalue weighted by molar-refractivity contribution is 0.0299. The van der Waals surface area contributed by atoms with Crippen molar-refractivity contribution in [1.82, 2.24) is 25.2 Å². The van der Waals surface area contributed by atoms with Crippen LogP contribution in [0.3, 0.4) is 0 Å². The molecule has 3 aromatic rings. The molecule has 158 valence electrons. The minimum atomic E-state index is -0.0861. The third-order valence-corrected chi connectivity index (χ3v) is 5.14. The molecule has 1 N–H and O–H groups in total.